The summed E-state index contributed by atoms with van der Waals surface area (Å²) in [6.45, 7) is 6.64. The highest BCUT2D eigenvalue weighted by Gasteiger charge is 2.57. The Morgan fingerprint density at radius 1 is 1.32 bits per heavy atom. The second-order valence-corrected chi connectivity index (χ2v) is 6.48. The van der Waals surface area contributed by atoms with Crippen molar-refractivity contribution < 1.29 is 19.4 Å². The number of carboxylic acids is 1. The number of carboxylic acid groups (broad SMARTS) is 1. The van der Waals surface area contributed by atoms with Gasteiger partial charge in [-0.25, -0.2) is 9.59 Å². The van der Waals surface area contributed by atoms with Crippen molar-refractivity contribution in [2.45, 2.75) is 31.9 Å². The van der Waals surface area contributed by atoms with Gasteiger partial charge >= 0.3 is 12.0 Å². The molecule has 3 N–H and O–H groups in total. The van der Waals surface area contributed by atoms with Crippen molar-refractivity contribution >= 4 is 17.7 Å². The van der Waals surface area contributed by atoms with Gasteiger partial charge in [-0.1, -0.05) is 0 Å². The maximum Gasteiger partial charge on any atom is 0.335 e. The molecular weight excluding hydrogens is 286 g/mol. The predicted molar refractivity (Wildman–Crippen MR) is 80.1 cm³/mol. The molecule has 7 heteroatoms. The van der Waals surface area contributed by atoms with Crippen LogP contribution < -0.4 is 15.4 Å². The molecule has 22 heavy (non-hydrogen) atoms. The van der Waals surface area contributed by atoms with Crippen molar-refractivity contribution in [3.8, 4) is 5.75 Å². The Labute approximate surface area is 128 Å². The molecule has 2 amide bonds. The number of benzene rings is 1. The lowest BCUT2D eigenvalue weighted by Crippen LogP contribution is -2.64. The molecule has 1 fully saturated rings. The first kappa shape index (κ1) is 14.5. The second-order valence-electron chi connectivity index (χ2n) is 6.48. The minimum Gasteiger partial charge on any atom is -0.483 e. The van der Waals surface area contributed by atoms with Gasteiger partial charge in [0, 0.05) is 0 Å². The van der Waals surface area contributed by atoms with Crippen LogP contribution in [0.2, 0.25) is 0 Å². The molecule has 2 aliphatic rings. The summed E-state index contributed by atoms with van der Waals surface area (Å²) in [5.41, 5.74) is 5.22. The van der Waals surface area contributed by atoms with E-state index >= 15 is 0 Å². The van der Waals surface area contributed by atoms with Gasteiger partial charge in [-0.05, 0) is 39.0 Å². The number of rotatable bonds is 1. The Morgan fingerprint density at radius 3 is 2.59 bits per heavy atom. The SMILES string of the molecule is CC1(C)Oc2ccc(C(=O)O)cc2N2CN(C(N)=O)CC21C. The normalized spacial score (nSPS) is 25.2. The summed E-state index contributed by atoms with van der Waals surface area (Å²) in [6.07, 6.45) is 0. The fraction of sp³-hybridized carbons (Fsp3) is 0.467. The van der Waals surface area contributed by atoms with Crippen LogP contribution in [0.4, 0.5) is 10.5 Å². The van der Waals surface area contributed by atoms with Crippen molar-refractivity contribution in [2.75, 3.05) is 18.1 Å². The van der Waals surface area contributed by atoms with Gasteiger partial charge in [-0.2, -0.15) is 0 Å². The van der Waals surface area contributed by atoms with Crippen molar-refractivity contribution in [3.05, 3.63) is 23.8 Å². The number of hydrogen-bond acceptors (Lipinski definition) is 4. The monoisotopic (exact) mass is 305 g/mol. The molecule has 1 unspecified atom stereocenters. The molecule has 0 saturated carbocycles. The average molecular weight is 305 g/mol. The summed E-state index contributed by atoms with van der Waals surface area (Å²) in [7, 11) is 0. The smallest absolute Gasteiger partial charge is 0.335 e. The van der Waals surface area contributed by atoms with Gasteiger partial charge in [0.2, 0.25) is 0 Å². The Morgan fingerprint density at radius 2 is 2.00 bits per heavy atom. The number of urea groups is 1. The van der Waals surface area contributed by atoms with Crippen molar-refractivity contribution in [1.29, 1.82) is 0 Å². The Kier molecular flexibility index (Phi) is 2.82. The van der Waals surface area contributed by atoms with Gasteiger partial charge in [0.15, 0.2) is 0 Å². The van der Waals surface area contributed by atoms with Crippen molar-refractivity contribution in [3.63, 3.8) is 0 Å². The quantitative estimate of drug-likeness (QED) is 0.819. The molecule has 1 saturated heterocycles. The zero-order chi connectivity index (χ0) is 16.3. The lowest BCUT2D eigenvalue weighted by atomic mass is 9.81. The van der Waals surface area contributed by atoms with Crippen LogP contribution in [0.1, 0.15) is 31.1 Å². The number of nitrogens with zero attached hydrogens (tertiary/aromatic N) is 2. The number of ether oxygens (including phenoxy) is 1. The largest absolute Gasteiger partial charge is 0.483 e. The van der Waals surface area contributed by atoms with E-state index in [1.165, 1.54) is 11.0 Å². The topological polar surface area (TPSA) is 96.1 Å². The molecule has 7 nitrogen and oxygen atoms in total. The fourth-order valence-corrected chi connectivity index (χ4v) is 3.17. The van der Waals surface area contributed by atoms with Crippen LogP contribution in [0.5, 0.6) is 5.75 Å². The molecule has 0 radical (unpaired) electrons. The molecule has 0 aliphatic carbocycles. The van der Waals surface area contributed by atoms with Gasteiger partial charge in [0.25, 0.3) is 0 Å². The minimum absolute atomic E-state index is 0.182. The first-order chi connectivity index (χ1) is 10.2. The summed E-state index contributed by atoms with van der Waals surface area (Å²) in [6, 6.07) is 4.26. The van der Waals surface area contributed by atoms with E-state index in [4.69, 9.17) is 10.5 Å². The van der Waals surface area contributed by atoms with Gasteiger partial charge in [-0.15, -0.1) is 0 Å². The Balaban J connectivity index is 2.14. The number of amides is 2. The molecule has 2 aliphatic heterocycles. The third-order valence-corrected chi connectivity index (χ3v) is 4.88. The van der Waals surface area contributed by atoms with Crippen LogP contribution in [-0.4, -0.2) is 46.4 Å². The molecule has 1 aromatic rings. The van der Waals surface area contributed by atoms with Crippen LogP contribution in [0.3, 0.4) is 0 Å². The molecule has 0 aromatic heterocycles. The zero-order valence-electron chi connectivity index (χ0n) is 12.8. The lowest BCUT2D eigenvalue weighted by molar-refractivity contribution is 0.0243. The Hall–Kier alpha value is -2.44. The summed E-state index contributed by atoms with van der Waals surface area (Å²) < 4.78 is 6.09. The molecule has 1 atom stereocenters. The zero-order valence-corrected chi connectivity index (χ0v) is 12.8. The standard InChI is InChI=1S/C15H19N3O4/c1-14(2)15(3)7-17(13(16)21)8-18(15)10-6-9(12(19)20)4-5-11(10)22-14/h4-6H,7-8H2,1-3H3,(H2,16,21)(H,19,20). The van der Waals surface area contributed by atoms with Gasteiger partial charge in [0.05, 0.1) is 30.0 Å². The number of primary amides is 1. The van der Waals surface area contributed by atoms with E-state index in [1.807, 2.05) is 25.7 Å². The number of anilines is 1. The third-order valence-electron chi connectivity index (χ3n) is 4.88. The first-order valence-electron chi connectivity index (χ1n) is 7.04. The summed E-state index contributed by atoms with van der Waals surface area (Å²) in [5.74, 6) is -0.390. The lowest BCUT2D eigenvalue weighted by Gasteiger charge is -2.51. The third kappa shape index (κ3) is 1.81. The average Bonchev–Trinajstić information content (AvgIpc) is 2.78. The first-order valence-corrected chi connectivity index (χ1v) is 7.04. The number of aromatic carboxylic acids is 1. The molecule has 0 bridgehead atoms. The number of carbonyl (C=O) groups excluding carboxylic acids is 1. The highest BCUT2D eigenvalue weighted by Crippen LogP contribution is 2.49. The van der Waals surface area contributed by atoms with Crippen molar-refractivity contribution in [1.82, 2.24) is 4.90 Å². The van der Waals surface area contributed by atoms with E-state index in [2.05, 4.69) is 0 Å². The maximum atomic E-state index is 11.6. The number of fused-ring (bicyclic) bond motifs is 3. The van der Waals surface area contributed by atoms with Crippen LogP contribution in [0.25, 0.3) is 0 Å². The summed E-state index contributed by atoms with van der Waals surface area (Å²) >= 11 is 0. The predicted octanol–water partition coefficient (Wildman–Crippen LogP) is 1.47. The van der Waals surface area contributed by atoms with E-state index < -0.39 is 23.1 Å². The number of carbonyl (C=O) groups is 2. The van der Waals surface area contributed by atoms with E-state index in [0.29, 0.717) is 24.7 Å². The highest BCUT2D eigenvalue weighted by molar-refractivity contribution is 5.90. The molecular formula is C15H19N3O4. The van der Waals surface area contributed by atoms with Crippen LogP contribution in [0.15, 0.2) is 18.2 Å². The number of hydrogen-bond donors (Lipinski definition) is 2. The van der Waals surface area contributed by atoms with Gasteiger partial charge in [-0.3, -0.25) is 0 Å². The van der Waals surface area contributed by atoms with Gasteiger partial charge in [0.1, 0.15) is 11.4 Å². The molecule has 3 rings (SSSR count). The molecule has 1 aromatic carbocycles. The van der Waals surface area contributed by atoms with Crippen LogP contribution >= 0.6 is 0 Å². The van der Waals surface area contributed by atoms with Gasteiger partial charge < -0.3 is 25.4 Å². The summed E-state index contributed by atoms with van der Waals surface area (Å²) in [5, 5.41) is 9.19. The van der Waals surface area contributed by atoms with Crippen LogP contribution in [-0.2, 0) is 0 Å². The second kappa shape index (κ2) is 4.28. The summed E-state index contributed by atoms with van der Waals surface area (Å²) in [4.78, 5) is 26.3. The van der Waals surface area contributed by atoms with E-state index in [9.17, 15) is 14.7 Å². The Bertz CT molecular complexity index is 673. The van der Waals surface area contributed by atoms with Crippen LogP contribution in [0, 0.1) is 0 Å². The van der Waals surface area contributed by atoms with E-state index in [0.717, 1.165) is 0 Å². The maximum absolute atomic E-state index is 11.6. The molecule has 2 heterocycles. The van der Waals surface area contributed by atoms with E-state index in [1.54, 1.807) is 12.1 Å². The number of nitrogens with two attached hydrogens (primary N) is 1. The highest BCUT2D eigenvalue weighted by atomic mass is 16.5. The van der Waals surface area contributed by atoms with Crippen molar-refractivity contribution in [2.24, 2.45) is 5.73 Å². The molecule has 0 spiro atoms. The van der Waals surface area contributed by atoms with E-state index in [-0.39, 0.29) is 5.56 Å². The fourth-order valence-electron chi connectivity index (χ4n) is 3.17. The minimum atomic E-state index is -1.000. The molecule has 118 valence electrons.